The molecule has 0 unspecified atom stereocenters. The maximum atomic E-state index is 11.7. The zero-order chi connectivity index (χ0) is 17.6. The molecule has 0 bridgehead atoms. The van der Waals surface area contributed by atoms with E-state index in [4.69, 9.17) is 20.1 Å². The SMILES string of the molecule is CC(=N)[C@@H](C#N)C(=O)COC(=O)COc1c(C)cc(C)cc1C. The van der Waals surface area contributed by atoms with Gasteiger partial charge in [-0.1, -0.05) is 17.7 Å². The molecule has 1 atom stereocenters. The number of ether oxygens (including phenoxy) is 2. The summed E-state index contributed by atoms with van der Waals surface area (Å²) in [6.07, 6.45) is 0. The van der Waals surface area contributed by atoms with Crippen molar-refractivity contribution in [2.75, 3.05) is 13.2 Å². The molecule has 0 saturated heterocycles. The molecule has 0 fully saturated rings. The number of aryl methyl sites for hydroxylation is 3. The molecule has 23 heavy (non-hydrogen) atoms. The van der Waals surface area contributed by atoms with E-state index in [2.05, 4.69) is 0 Å². The third kappa shape index (κ3) is 5.22. The molecule has 0 aliphatic carbocycles. The number of benzene rings is 1. The number of nitrogens with zero attached hydrogens (tertiary/aromatic N) is 1. The number of esters is 1. The van der Waals surface area contributed by atoms with E-state index in [1.165, 1.54) is 6.92 Å². The highest BCUT2D eigenvalue weighted by Crippen LogP contribution is 2.24. The van der Waals surface area contributed by atoms with Gasteiger partial charge in [-0.3, -0.25) is 4.79 Å². The van der Waals surface area contributed by atoms with Gasteiger partial charge in [0.05, 0.1) is 6.07 Å². The minimum Gasteiger partial charge on any atom is -0.481 e. The first-order valence-electron chi connectivity index (χ1n) is 7.10. The van der Waals surface area contributed by atoms with E-state index in [9.17, 15) is 9.59 Å². The van der Waals surface area contributed by atoms with Gasteiger partial charge >= 0.3 is 5.97 Å². The average molecular weight is 316 g/mol. The number of Topliss-reactive ketones (excluding diaryl/α,β-unsaturated/α-hetero) is 1. The Labute approximate surface area is 135 Å². The summed E-state index contributed by atoms with van der Waals surface area (Å²) in [5.41, 5.74) is 2.85. The summed E-state index contributed by atoms with van der Waals surface area (Å²) in [4.78, 5) is 23.3. The van der Waals surface area contributed by atoms with Crippen LogP contribution in [0.25, 0.3) is 0 Å². The van der Waals surface area contributed by atoms with Crippen molar-refractivity contribution in [3.63, 3.8) is 0 Å². The normalized spacial score (nSPS) is 11.3. The largest absolute Gasteiger partial charge is 0.481 e. The first kappa shape index (κ1) is 18.4. The minimum atomic E-state index is -1.18. The van der Waals surface area contributed by atoms with Crippen molar-refractivity contribution >= 4 is 17.5 Å². The van der Waals surface area contributed by atoms with Crippen LogP contribution >= 0.6 is 0 Å². The third-order valence-electron chi connectivity index (χ3n) is 3.20. The molecule has 0 saturated carbocycles. The van der Waals surface area contributed by atoms with E-state index in [1.54, 1.807) is 6.07 Å². The Hall–Kier alpha value is -2.68. The molecule has 122 valence electrons. The first-order valence-corrected chi connectivity index (χ1v) is 7.10. The summed E-state index contributed by atoms with van der Waals surface area (Å²) in [6, 6.07) is 5.60. The predicted molar refractivity (Wildman–Crippen MR) is 84.6 cm³/mol. The van der Waals surface area contributed by atoms with E-state index in [0.717, 1.165) is 16.7 Å². The fourth-order valence-corrected chi connectivity index (χ4v) is 2.21. The Morgan fingerprint density at radius 1 is 1.22 bits per heavy atom. The molecule has 0 aliphatic rings. The lowest BCUT2D eigenvalue weighted by molar-refractivity contribution is -0.150. The molecule has 6 heteroatoms. The highest BCUT2D eigenvalue weighted by molar-refractivity contribution is 6.06. The maximum absolute atomic E-state index is 11.7. The molecule has 0 amide bonds. The van der Waals surface area contributed by atoms with Gasteiger partial charge < -0.3 is 14.9 Å². The number of nitriles is 1. The molecule has 0 spiro atoms. The number of hydrogen-bond acceptors (Lipinski definition) is 6. The lowest BCUT2D eigenvalue weighted by Gasteiger charge is -2.13. The molecule has 0 aromatic heterocycles. The topological polar surface area (TPSA) is 100 Å². The van der Waals surface area contributed by atoms with Gasteiger partial charge in [-0.2, -0.15) is 5.26 Å². The lowest BCUT2D eigenvalue weighted by Crippen LogP contribution is -2.27. The van der Waals surface area contributed by atoms with Crippen LogP contribution in [-0.4, -0.2) is 30.7 Å². The molecular weight excluding hydrogens is 296 g/mol. The smallest absolute Gasteiger partial charge is 0.344 e. The van der Waals surface area contributed by atoms with Crippen molar-refractivity contribution in [3.05, 3.63) is 28.8 Å². The summed E-state index contributed by atoms with van der Waals surface area (Å²) in [5.74, 6) is -1.87. The van der Waals surface area contributed by atoms with Crippen LogP contribution in [0.2, 0.25) is 0 Å². The molecule has 0 heterocycles. The molecule has 1 aromatic carbocycles. The second-order valence-electron chi connectivity index (χ2n) is 5.39. The Morgan fingerprint density at radius 3 is 2.26 bits per heavy atom. The van der Waals surface area contributed by atoms with Crippen molar-refractivity contribution in [3.8, 4) is 11.8 Å². The quantitative estimate of drug-likeness (QED) is 0.614. The van der Waals surface area contributed by atoms with Gasteiger partial charge in [0.2, 0.25) is 0 Å². The van der Waals surface area contributed by atoms with Crippen LogP contribution in [0.15, 0.2) is 12.1 Å². The summed E-state index contributed by atoms with van der Waals surface area (Å²) in [5, 5.41) is 16.1. The molecular formula is C17H20N2O4. The molecule has 6 nitrogen and oxygen atoms in total. The summed E-state index contributed by atoms with van der Waals surface area (Å²) in [7, 11) is 0. The van der Waals surface area contributed by atoms with Crippen LogP contribution in [0.1, 0.15) is 23.6 Å². The van der Waals surface area contributed by atoms with Crippen molar-refractivity contribution in [1.82, 2.24) is 0 Å². The number of rotatable bonds is 7. The van der Waals surface area contributed by atoms with Crippen molar-refractivity contribution in [2.45, 2.75) is 27.7 Å². The van der Waals surface area contributed by atoms with E-state index in [-0.39, 0.29) is 12.3 Å². The monoisotopic (exact) mass is 316 g/mol. The molecule has 1 aromatic rings. The average Bonchev–Trinajstić information content (AvgIpc) is 2.44. The number of carbonyl (C=O) groups excluding carboxylic acids is 2. The Bertz CT molecular complexity index is 651. The zero-order valence-corrected chi connectivity index (χ0v) is 13.7. The zero-order valence-electron chi connectivity index (χ0n) is 13.7. The maximum Gasteiger partial charge on any atom is 0.344 e. The predicted octanol–water partition coefficient (Wildman–Crippen LogP) is 2.28. The molecule has 0 radical (unpaired) electrons. The second kappa shape index (κ2) is 8.08. The highest BCUT2D eigenvalue weighted by Gasteiger charge is 2.21. The molecule has 1 N–H and O–H groups in total. The summed E-state index contributed by atoms with van der Waals surface area (Å²) < 4.78 is 10.3. The van der Waals surface area contributed by atoms with Gasteiger partial charge in [0.1, 0.15) is 11.7 Å². The van der Waals surface area contributed by atoms with Crippen LogP contribution < -0.4 is 4.74 Å². The Balaban J connectivity index is 2.55. The third-order valence-corrected chi connectivity index (χ3v) is 3.20. The van der Waals surface area contributed by atoms with Crippen LogP contribution in [0.3, 0.4) is 0 Å². The van der Waals surface area contributed by atoms with Gasteiger partial charge in [-0.05, 0) is 38.8 Å². The standard InChI is InChI=1S/C17H20N2O4/c1-10-5-11(2)17(12(3)6-10)23-9-16(21)22-8-15(20)14(7-18)13(4)19/h5-6,14,19H,8-9H2,1-4H3/t14-/m1/s1. The van der Waals surface area contributed by atoms with Gasteiger partial charge in [-0.15, -0.1) is 0 Å². The van der Waals surface area contributed by atoms with Crippen molar-refractivity contribution in [2.24, 2.45) is 5.92 Å². The fourth-order valence-electron chi connectivity index (χ4n) is 2.21. The van der Waals surface area contributed by atoms with Crippen LogP contribution in [-0.2, 0) is 14.3 Å². The van der Waals surface area contributed by atoms with Crippen LogP contribution in [0.5, 0.6) is 5.75 Å². The van der Waals surface area contributed by atoms with Crippen molar-refractivity contribution < 1.29 is 19.1 Å². The van der Waals surface area contributed by atoms with Crippen LogP contribution in [0.4, 0.5) is 0 Å². The first-order chi connectivity index (χ1) is 10.8. The number of hydrogen-bond donors (Lipinski definition) is 1. The molecule has 0 aliphatic heterocycles. The van der Waals surface area contributed by atoms with E-state index >= 15 is 0 Å². The van der Waals surface area contributed by atoms with Gasteiger partial charge in [0, 0.05) is 5.71 Å². The lowest BCUT2D eigenvalue weighted by atomic mass is 10.0. The van der Waals surface area contributed by atoms with Gasteiger partial charge in [0.25, 0.3) is 0 Å². The van der Waals surface area contributed by atoms with Crippen LogP contribution in [0, 0.1) is 43.4 Å². The van der Waals surface area contributed by atoms with E-state index in [1.807, 2.05) is 32.9 Å². The highest BCUT2D eigenvalue weighted by atomic mass is 16.6. The summed E-state index contributed by atoms with van der Waals surface area (Å²) in [6.45, 7) is 6.24. The summed E-state index contributed by atoms with van der Waals surface area (Å²) >= 11 is 0. The molecule has 1 rings (SSSR count). The second-order valence-corrected chi connectivity index (χ2v) is 5.39. The van der Waals surface area contributed by atoms with Crippen molar-refractivity contribution in [1.29, 1.82) is 10.7 Å². The number of carbonyl (C=O) groups is 2. The fraction of sp³-hybridized carbons (Fsp3) is 0.412. The Morgan fingerprint density at radius 2 is 1.78 bits per heavy atom. The van der Waals surface area contributed by atoms with E-state index in [0.29, 0.717) is 5.75 Å². The minimum absolute atomic E-state index is 0.0734. The number of nitrogens with one attached hydrogen (secondary N) is 1. The Kier molecular flexibility index (Phi) is 6.46. The van der Waals surface area contributed by atoms with Gasteiger partial charge in [0.15, 0.2) is 19.0 Å². The number of ketones is 1. The van der Waals surface area contributed by atoms with Gasteiger partial charge in [-0.25, -0.2) is 4.79 Å². The van der Waals surface area contributed by atoms with E-state index < -0.39 is 24.3 Å².